The summed E-state index contributed by atoms with van der Waals surface area (Å²) in [6, 6.07) is 0. The van der Waals surface area contributed by atoms with E-state index in [0.717, 1.165) is 6.54 Å². The van der Waals surface area contributed by atoms with E-state index in [0.29, 0.717) is 23.3 Å². The van der Waals surface area contributed by atoms with Gasteiger partial charge in [-0.1, -0.05) is 34.6 Å². The Morgan fingerprint density at radius 2 is 1.80 bits per heavy atom. The molecule has 0 bridgehead atoms. The maximum Gasteiger partial charge on any atom is 0.221 e. The molecular weight excluding hydrogens is 188 g/mol. The Labute approximate surface area is 92.8 Å². The van der Waals surface area contributed by atoms with Gasteiger partial charge in [0.05, 0.1) is 0 Å². The van der Waals surface area contributed by atoms with Gasteiger partial charge in [0, 0.05) is 12.5 Å². The monoisotopic (exact) mass is 212 g/mol. The summed E-state index contributed by atoms with van der Waals surface area (Å²) in [5, 5.41) is 3.34. The molecule has 3 heteroatoms. The Kier molecular flexibility index (Phi) is 3.15. The average Bonchev–Trinajstić information content (AvgIpc) is 2.46. The van der Waals surface area contributed by atoms with E-state index in [-0.39, 0.29) is 11.8 Å². The summed E-state index contributed by atoms with van der Waals surface area (Å²) in [5.74, 6) is 0.400. The van der Waals surface area contributed by atoms with E-state index in [1.54, 1.807) is 0 Å². The third-order valence-corrected chi connectivity index (χ3v) is 4.60. The van der Waals surface area contributed by atoms with Crippen molar-refractivity contribution in [3.05, 3.63) is 0 Å². The van der Waals surface area contributed by atoms with Crippen molar-refractivity contribution < 1.29 is 4.79 Å². The number of nitrogens with one attached hydrogen (secondary N) is 1. The molecule has 1 aliphatic carbocycles. The topological polar surface area (TPSA) is 55.1 Å². The highest BCUT2D eigenvalue weighted by molar-refractivity contribution is 5.76. The summed E-state index contributed by atoms with van der Waals surface area (Å²) in [7, 11) is 0. The van der Waals surface area contributed by atoms with Crippen LogP contribution in [0.15, 0.2) is 0 Å². The summed E-state index contributed by atoms with van der Waals surface area (Å²) in [6.45, 7) is 12.7. The Bertz CT molecular complexity index is 244. The second kappa shape index (κ2) is 3.78. The van der Waals surface area contributed by atoms with Crippen molar-refractivity contribution >= 4 is 5.91 Å². The molecule has 0 aromatic heterocycles. The third kappa shape index (κ3) is 2.17. The molecule has 0 aromatic rings. The fourth-order valence-electron chi connectivity index (χ4n) is 2.39. The minimum Gasteiger partial charge on any atom is -0.369 e. The van der Waals surface area contributed by atoms with Gasteiger partial charge in [-0.2, -0.15) is 0 Å². The summed E-state index contributed by atoms with van der Waals surface area (Å²) in [5.41, 5.74) is 6.02. The molecule has 0 spiro atoms. The van der Waals surface area contributed by atoms with Gasteiger partial charge >= 0.3 is 0 Å². The van der Waals surface area contributed by atoms with E-state index >= 15 is 0 Å². The van der Waals surface area contributed by atoms with Gasteiger partial charge in [0.2, 0.25) is 5.91 Å². The van der Waals surface area contributed by atoms with Gasteiger partial charge in [0.15, 0.2) is 0 Å². The minimum absolute atomic E-state index is 0.0741. The summed E-state index contributed by atoms with van der Waals surface area (Å²) >= 11 is 0. The zero-order valence-corrected chi connectivity index (χ0v) is 10.6. The molecule has 88 valence electrons. The Morgan fingerprint density at radius 3 is 2.13 bits per heavy atom. The van der Waals surface area contributed by atoms with Gasteiger partial charge in [-0.25, -0.2) is 0 Å². The molecule has 0 saturated heterocycles. The number of nitrogens with two attached hydrogens (primary N) is 1. The van der Waals surface area contributed by atoms with Crippen LogP contribution in [0.25, 0.3) is 0 Å². The van der Waals surface area contributed by atoms with Gasteiger partial charge in [-0.05, 0) is 23.3 Å². The maximum atomic E-state index is 10.8. The number of hydrogen-bond donors (Lipinski definition) is 2. The van der Waals surface area contributed by atoms with Crippen molar-refractivity contribution in [3.63, 3.8) is 0 Å². The molecule has 0 heterocycles. The van der Waals surface area contributed by atoms with Crippen LogP contribution in [-0.4, -0.2) is 19.0 Å². The first kappa shape index (κ1) is 12.5. The Hall–Kier alpha value is -0.570. The maximum absolute atomic E-state index is 10.8. The molecule has 0 radical (unpaired) electrons. The van der Waals surface area contributed by atoms with Crippen LogP contribution >= 0.6 is 0 Å². The summed E-state index contributed by atoms with van der Waals surface area (Å²) < 4.78 is 0. The van der Waals surface area contributed by atoms with Gasteiger partial charge < -0.3 is 11.1 Å². The van der Waals surface area contributed by atoms with Gasteiger partial charge in [-0.3, -0.25) is 4.79 Å². The van der Waals surface area contributed by atoms with E-state index in [4.69, 9.17) is 5.73 Å². The quantitative estimate of drug-likeness (QED) is 0.723. The van der Waals surface area contributed by atoms with Gasteiger partial charge in [0.25, 0.3) is 0 Å². The largest absolute Gasteiger partial charge is 0.369 e. The third-order valence-electron chi connectivity index (χ3n) is 4.60. The van der Waals surface area contributed by atoms with Crippen molar-refractivity contribution in [3.8, 4) is 0 Å². The normalized spacial score (nSPS) is 24.9. The molecule has 1 rings (SSSR count). The lowest BCUT2D eigenvalue weighted by Crippen LogP contribution is -2.32. The molecule has 1 unspecified atom stereocenters. The standard InChI is InChI=1S/C12H24N2O/c1-8(10(13)15)6-14-7-9-11(2,3)12(9,4)5/h8-9,14H,6-7H2,1-5H3,(H2,13,15). The molecule has 1 saturated carbocycles. The van der Waals surface area contributed by atoms with Crippen molar-refractivity contribution in [1.29, 1.82) is 0 Å². The number of amides is 1. The molecule has 1 fully saturated rings. The Morgan fingerprint density at radius 1 is 1.33 bits per heavy atom. The van der Waals surface area contributed by atoms with E-state index in [9.17, 15) is 4.79 Å². The number of rotatable bonds is 5. The Balaban J connectivity index is 2.27. The van der Waals surface area contributed by atoms with Crippen LogP contribution in [0.2, 0.25) is 0 Å². The first-order valence-corrected chi connectivity index (χ1v) is 5.71. The number of primary amides is 1. The lowest BCUT2D eigenvalue weighted by atomic mass is 10.0. The first-order chi connectivity index (χ1) is 6.71. The van der Waals surface area contributed by atoms with Crippen molar-refractivity contribution in [1.82, 2.24) is 5.32 Å². The van der Waals surface area contributed by atoms with Crippen LogP contribution in [-0.2, 0) is 4.79 Å². The van der Waals surface area contributed by atoms with E-state index in [1.165, 1.54) is 0 Å². The van der Waals surface area contributed by atoms with Crippen molar-refractivity contribution in [2.45, 2.75) is 34.6 Å². The number of hydrogen-bond acceptors (Lipinski definition) is 2. The lowest BCUT2D eigenvalue weighted by Gasteiger charge is -2.09. The second-order valence-corrected chi connectivity index (χ2v) is 5.96. The van der Waals surface area contributed by atoms with Crippen LogP contribution < -0.4 is 11.1 Å². The first-order valence-electron chi connectivity index (χ1n) is 5.71. The molecule has 3 nitrogen and oxygen atoms in total. The summed E-state index contributed by atoms with van der Waals surface area (Å²) in [6.07, 6.45) is 0. The van der Waals surface area contributed by atoms with Gasteiger partial charge in [-0.15, -0.1) is 0 Å². The van der Waals surface area contributed by atoms with Crippen LogP contribution in [0, 0.1) is 22.7 Å². The fraction of sp³-hybridized carbons (Fsp3) is 0.917. The number of carbonyl (C=O) groups excluding carboxylic acids is 1. The van der Waals surface area contributed by atoms with Crippen LogP contribution in [0.4, 0.5) is 0 Å². The SMILES string of the molecule is CC(CNCC1C(C)(C)C1(C)C)C(N)=O. The van der Waals surface area contributed by atoms with E-state index in [1.807, 2.05) is 6.92 Å². The van der Waals surface area contributed by atoms with Crippen LogP contribution in [0.5, 0.6) is 0 Å². The lowest BCUT2D eigenvalue weighted by molar-refractivity contribution is -0.121. The number of carbonyl (C=O) groups is 1. The second-order valence-electron chi connectivity index (χ2n) is 5.96. The zero-order chi connectivity index (χ0) is 11.9. The van der Waals surface area contributed by atoms with Crippen LogP contribution in [0.1, 0.15) is 34.6 Å². The van der Waals surface area contributed by atoms with Crippen molar-refractivity contribution in [2.24, 2.45) is 28.4 Å². The van der Waals surface area contributed by atoms with Gasteiger partial charge in [0.1, 0.15) is 0 Å². The predicted molar refractivity (Wildman–Crippen MR) is 62.3 cm³/mol. The zero-order valence-electron chi connectivity index (χ0n) is 10.6. The van der Waals surface area contributed by atoms with E-state index < -0.39 is 0 Å². The molecule has 1 atom stereocenters. The highest BCUT2D eigenvalue weighted by Gasteiger charge is 2.63. The molecular formula is C12H24N2O. The predicted octanol–water partition coefficient (Wildman–Crippen LogP) is 1.38. The molecule has 0 aromatic carbocycles. The molecule has 3 N–H and O–H groups in total. The average molecular weight is 212 g/mol. The minimum atomic E-state index is -0.225. The van der Waals surface area contributed by atoms with E-state index in [2.05, 4.69) is 33.0 Å². The molecule has 15 heavy (non-hydrogen) atoms. The van der Waals surface area contributed by atoms with Crippen LogP contribution in [0.3, 0.4) is 0 Å². The highest BCUT2D eigenvalue weighted by Crippen LogP contribution is 2.67. The summed E-state index contributed by atoms with van der Waals surface area (Å²) in [4.78, 5) is 10.8. The highest BCUT2D eigenvalue weighted by atomic mass is 16.1. The fourth-order valence-corrected chi connectivity index (χ4v) is 2.39. The smallest absolute Gasteiger partial charge is 0.221 e. The van der Waals surface area contributed by atoms with Crippen molar-refractivity contribution in [2.75, 3.05) is 13.1 Å². The molecule has 0 aliphatic heterocycles. The molecule has 1 aliphatic rings. The molecule has 1 amide bonds.